The standard InChI is InChI=1S/C21H35N5O2/c1-23-8-5-9-25(11-10-23)16-19-20(18-14-22-24(2)15-18)26(12-13-28-19)21(27)17-6-3-4-7-17/h14-15,17,19-20H,3-13,16H2,1-2H3/t19-,20-/m0/s1. The molecule has 28 heavy (non-hydrogen) atoms. The summed E-state index contributed by atoms with van der Waals surface area (Å²) in [5.41, 5.74) is 1.10. The summed E-state index contributed by atoms with van der Waals surface area (Å²) in [5.74, 6) is 0.528. The van der Waals surface area contributed by atoms with Crippen LogP contribution in [0.2, 0.25) is 0 Å². The molecule has 7 nitrogen and oxygen atoms in total. The van der Waals surface area contributed by atoms with Crippen LogP contribution in [0.1, 0.15) is 43.7 Å². The first kappa shape index (κ1) is 19.9. The predicted octanol–water partition coefficient (Wildman–Crippen LogP) is 1.52. The van der Waals surface area contributed by atoms with Gasteiger partial charge in [0.15, 0.2) is 0 Å². The molecule has 1 amide bonds. The van der Waals surface area contributed by atoms with Gasteiger partial charge in [-0.25, -0.2) is 0 Å². The van der Waals surface area contributed by atoms with Crippen molar-refractivity contribution in [1.29, 1.82) is 0 Å². The van der Waals surface area contributed by atoms with Crippen molar-refractivity contribution < 1.29 is 9.53 Å². The number of hydrogen-bond donors (Lipinski definition) is 0. The van der Waals surface area contributed by atoms with E-state index in [9.17, 15) is 4.79 Å². The lowest BCUT2D eigenvalue weighted by molar-refractivity contribution is -0.152. The van der Waals surface area contributed by atoms with Gasteiger partial charge >= 0.3 is 0 Å². The number of likely N-dealkylation sites (N-methyl/N-ethyl adjacent to an activating group) is 1. The highest BCUT2D eigenvalue weighted by Crippen LogP contribution is 2.35. The molecular formula is C21H35N5O2. The van der Waals surface area contributed by atoms with E-state index >= 15 is 0 Å². The zero-order valence-electron chi connectivity index (χ0n) is 17.4. The number of aryl methyl sites for hydroxylation is 1. The van der Waals surface area contributed by atoms with Crippen molar-refractivity contribution in [1.82, 2.24) is 24.5 Å². The summed E-state index contributed by atoms with van der Waals surface area (Å²) in [6, 6.07) is -0.0310. The van der Waals surface area contributed by atoms with Crippen LogP contribution in [0, 0.1) is 5.92 Å². The third kappa shape index (κ3) is 4.42. The molecule has 2 atom stereocenters. The molecule has 0 radical (unpaired) electrons. The van der Waals surface area contributed by atoms with Crippen LogP contribution in [0.25, 0.3) is 0 Å². The minimum atomic E-state index is -0.0310. The molecule has 0 bridgehead atoms. The van der Waals surface area contributed by atoms with Crippen LogP contribution in [0.4, 0.5) is 0 Å². The van der Waals surface area contributed by atoms with E-state index in [0.29, 0.717) is 19.1 Å². The molecule has 2 aliphatic heterocycles. The van der Waals surface area contributed by atoms with E-state index in [1.54, 1.807) is 0 Å². The molecule has 7 heteroatoms. The van der Waals surface area contributed by atoms with Crippen molar-refractivity contribution in [2.24, 2.45) is 13.0 Å². The Morgan fingerprint density at radius 2 is 1.93 bits per heavy atom. The molecule has 0 unspecified atom stereocenters. The van der Waals surface area contributed by atoms with Crippen molar-refractivity contribution in [2.45, 2.75) is 44.2 Å². The average molecular weight is 390 g/mol. The van der Waals surface area contributed by atoms with E-state index in [4.69, 9.17) is 4.74 Å². The molecule has 3 heterocycles. The number of nitrogens with zero attached hydrogens (tertiary/aromatic N) is 5. The summed E-state index contributed by atoms with van der Waals surface area (Å²) in [6.07, 6.45) is 9.61. The quantitative estimate of drug-likeness (QED) is 0.782. The fourth-order valence-corrected chi connectivity index (χ4v) is 5.06. The predicted molar refractivity (Wildman–Crippen MR) is 108 cm³/mol. The molecule has 1 aromatic heterocycles. The van der Waals surface area contributed by atoms with Gasteiger partial charge in [-0.05, 0) is 39.4 Å². The number of carbonyl (C=O) groups excluding carboxylic acids is 1. The third-order valence-electron chi connectivity index (χ3n) is 6.66. The van der Waals surface area contributed by atoms with Gasteiger partial charge in [0.2, 0.25) is 5.91 Å². The van der Waals surface area contributed by atoms with Crippen LogP contribution in [0.5, 0.6) is 0 Å². The van der Waals surface area contributed by atoms with Crippen LogP contribution in [0.3, 0.4) is 0 Å². The zero-order chi connectivity index (χ0) is 19.5. The van der Waals surface area contributed by atoms with Gasteiger partial charge in [-0.1, -0.05) is 12.8 Å². The maximum Gasteiger partial charge on any atom is 0.226 e. The molecule has 0 aromatic carbocycles. The first-order valence-electron chi connectivity index (χ1n) is 10.9. The monoisotopic (exact) mass is 389 g/mol. The van der Waals surface area contributed by atoms with Gasteiger partial charge in [0.05, 0.1) is 24.9 Å². The van der Waals surface area contributed by atoms with Crippen molar-refractivity contribution in [2.75, 3.05) is 52.9 Å². The number of ether oxygens (including phenoxy) is 1. The lowest BCUT2D eigenvalue weighted by Crippen LogP contribution is -2.53. The third-order valence-corrected chi connectivity index (χ3v) is 6.66. The Morgan fingerprint density at radius 1 is 1.11 bits per heavy atom. The zero-order valence-corrected chi connectivity index (χ0v) is 17.4. The Morgan fingerprint density at radius 3 is 2.68 bits per heavy atom. The topological polar surface area (TPSA) is 53.8 Å². The molecule has 0 N–H and O–H groups in total. The summed E-state index contributed by atoms with van der Waals surface area (Å²) in [5, 5.41) is 4.39. The van der Waals surface area contributed by atoms with Gasteiger partial charge in [0.25, 0.3) is 0 Å². The van der Waals surface area contributed by atoms with E-state index in [2.05, 4.69) is 33.0 Å². The smallest absolute Gasteiger partial charge is 0.226 e. The fourth-order valence-electron chi connectivity index (χ4n) is 5.06. The van der Waals surface area contributed by atoms with E-state index in [0.717, 1.165) is 51.1 Å². The van der Waals surface area contributed by atoms with Gasteiger partial charge in [-0.2, -0.15) is 5.10 Å². The number of hydrogen-bond acceptors (Lipinski definition) is 5. The average Bonchev–Trinajstić information content (AvgIpc) is 3.33. The minimum Gasteiger partial charge on any atom is -0.373 e. The first-order valence-corrected chi connectivity index (χ1v) is 10.9. The van der Waals surface area contributed by atoms with Crippen molar-refractivity contribution in [3.63, 3.8) is 0 Å². The van der Waals surface area contributed by atoms with Gasteiger partial charge in [0, 0.05) is 50.9 Å². The van der Waals surface area contributed by atoms with Gasteiger partial charge in [-0.3, -0.25) is 14.4 Å². The Bertz CT molecular complexity index is 657. The molecule has 1 aliphatic carbocycles. The summed E-state index contributed by atoms with van der Waals surface area (Å²) >= 11 is 0. The molecule has 1 aromatic rings. The van der Waals surface area contributed by atoms with Crippen molar-refractivity contribution in [3.05, 3.63) is 18.0 Å². The SMILES string of the molecule is CN1CCCN(C[C@@H]2OCCN(C(=O)C3CCCC3)[C@H]2c2cnn(C)c2)CC1. The van der Waals surface area contributed by atoms with Crippen molar-refractivity contribution in [3.8, 4) is 0 Å². The van der Waals surface area contributed by atoms with Gasteiger partial charge in [-0.15, -0.1) is 0 Å². The lowest BCUT2D eigenvalue weighted by atomic mass is 9.97. The molecule has 1 saturated carbocycles. The highest BCUT2D eigenvalue weighted by atomic mass is 16.5. The van der Waals surface area contributed by atoms with Crippen LogP contribution in [-0.4, -0.2) is 89.4 Å². The van der Waals surface area contributed by atoms with Gasteiger partial charge < -0.3 is 14.5 Å². The normalized spacial score (nSPS) is 28.6. The maximum atomic E-state index is 13.3. The second-order valence-electron chi connectivity index (χ2n) is 8.77. The lowest BCUT2D eigenvalue weighted by Gasteiger charge is -2.43. The van der Waals surface area contributed by atoms with Crippen LogP contribution in [-0.2, 0) is 16.6 Å². The van der Waals surface area contributed by atoms with Crippen LogP contribution >= 0.6 is 0 Å². The number of carbonyl (C=O) groups is 1. The van der Waals surface area contributed by atoms with Crippen LogP contribution < -0.4 is 0 Å². The summed E-state index contributed by atoms with van der Waals surface area (Å²) < 4.78 is 8.11. The largest absolute Gasteiger partial charge is 0.373 e. The van der Waals surface area contributed by atoms with E-state index < -0.39 is 0 Å². The molecular weight excluding hydrogens is 354 g/mol. The van der Waals surface area contributed by atoms with E-state index in [-0.39, 0.29) is 18.1 Å². The Labute approximate surface area is 168 Å². The van der Waals surface area contributed by atoms with Gasteiger partial charge in [0.1, 0.15) is 0 Å². The number of rotatable bonds is 4. The van der Waals surface area contributed by atoms with E-state index in [1.807, 2.05) is 17.9 Å². The van der Waals surface area contributed by atoms with E-state index in [1.165, 1.54) is 19.3 Å². The highest BCUT2D eigenvalue weighted by Gasteiger charge is 2.40. The Hall–Kier alpha value is -1.44. The summed E-state index contributed by atoms with van der Waals surface area (Å²) in [6.45, 7) is 6.60. The number of aromatic nitrogens is 2. The summed E-state index contributed by atoms with van der Waals surface area (Å²) in [4.78, 5) is 20.4. The second-order valence-corrected chi connectivity index (χ2v) is 8.77. The summed E-state index contributed by atoms with van der Waals surface area (Å²) in [7, 11) is 4.14. The first-order chi connectivity index (χ1) is 13.6. The number of morpholine rings is 1. The molecule has 3 fully saturated rings. The molecule has 0 spiro atoms. The highest BCUT2D eigenvalue weighted by molar-refractivity contribution is 5.79. The maximum absolute atomic E-state index is 13.3. The molecule has 2 saturated heterocycles. The van der Waals surface area contributed by atoms with Crippen molar-refractivity contribution >= 4 is 5.91 Å². The molecule has 156 valence electrons. The second kappa shape index (κ2) is 8.93. The Kier molecular flexibility index (Phi) is 6.33. The molecule has 4 rings (SSSR count). The number of amides is 1. The minimum absolute atomic E-state index is 0.00621. The Balaban J connectivity index is 1.54. The van der Waals surface area contributed by atoms with Crippen LogP contribution in [0.15, 0.2) is 12.4 Å². The fraction of sp³-hybridized carbons (Fsp3) is 0.810. The molecule has 3 aliphatic rings.